The first kappa shape index (κ1) is 20.7. The fourth-order valence-electron chi connectivity index (χ4n) is 1.39. The first-order valence-electron chi connectivity index (χ1n) is 6.79. The lowest BCUT2D eigenvalue weighted by Crippen LogP contribution is -2.38. The minimum Gasteiger partial charge on any atom is -0.357 e. The molecule has 18 heavy (non-hydrogen) atoms. The van der Waals surface area contributed by atoms with Crippen molar-refractivity contribution < 1.29 is 0 Å². The summed E-state index contributed by atoms with van der Waals surface area (Å²) < 4.78 is 0. The van der Waals surface area contributed by atoms with E-state index in [0.717, 1.165) is 25.6 Å². The molecule has 0 aliphatic rings. The zero-order valence-corrected chi connectivity index (χ0v) is 15.4. The Bertz CT molecular complexity index is 201. The van der Waals surface area contributed by atoms with Gasteiger partial charge in [0.2, 0.25) is 0 Å². The highest BCUT2D eigenvalue weighted by atomic mass is 127. The van der Waals surface area contributed by atoms with Gasteiger partial charge in [-0.3, -0.25) is 4.99 Å². The van der Waals surface area contributed by atoms with Crippen LogP contribution in [0.5, 0.6) is 0 Å². The average molecular weight is 387 g/mol. The number of guanidine groups is 1. The molecule has 2 N–H and O–H groups in total. The van der Waals surface area contributed by atoms with Gasteiger partial charge >= 0.3 is 0 Å². The number of nitrogens with one attached hydrogen (secondary N) is 2. The van der Waals surface area contributed by atoms with Crippen molar-refractivity contribution in [1.29, 1.82) is 0 Å². The molecule has 0 aromatic heterocycles. The Morgan fingerprint density at radius 1 is 1.17 bits per heavy atom. The van der Waals surface area contributed by atoms with Crippen LogP contribution in [0, 0.1) is 0 Å². The summed E-state index contributed by atoms with van der Waals surface area (Å²) in [6, 6.07) is 0. The number of hydrogen-bond donors (Lipinski definition) is 2. The summed E-state index contributed by atoms with van der Waals surface area (Å²) in [5.74, 6) is 0.963. The van der Waals surface area contributed by atoms with E-state index < -0.39 is 0 Å². The van der Waals surface area contributed by atoms with Gasteiger partial charge in [-0.15, -0.1) is 24.0 Å². The second-order valence-corrected chi connectivity index (χ2v) is 5.53. The van der Waals surface area contributed by atoms with Crippen molar-refractivity contribution in [3.63, 3.8) is 0 Å². The molecule has 0 heterocycles. The molecule has 0 saturated carbocycles. The van der Waals surface area contributed by atoms with Crippen molar-refractivity contribution in [2.45, 2.75) is 51.7 Å². The molecule has 1 unspecified atom stereocenters. The minimum atomic E-state index is 0. The summed E-state index contributed by atoms with van der Waals surface area (Å²) >= 11 is 1.86. The number of nitrogens with zero attached hydrogens (tertiary/aromatic N) is 1. The van der Waals surface area contributed by atoms with Crippen molar-refractivity contribution in [2.24, 2.45) is 4.99 Å². The SMILES string of the molecule is CCCCCCNC(=NCC(C)SC)NCC.I. The Labute approximate surface area is 134 Å². The minimum absolute atomic E-state index is 0. The molecule has 5 heteroatoms. The van der Waals surface area contributed by atoms with Crippen molar-refractivity contribution in [3.8, 4) is 0 Å². The predicted molar refractivity (Wildman–Crippen MR) is 96.5 cm³/mol. The predicted octanol–water partition coefficient (Wildman–Crippen LogP) is 3.49. The number of thioether (sulfide) groups is 1. The van der Waals surface area contributed by atoms with Crippen LogP contribution in [0.4, 0.5) is 0 Å². The van der Waals surface area contributed by atoms with Gasteiger partial charge in [0.1, 0.15) is 0 Å². The maximum atomic E-state index is 4.58. The lowest BCUT2D eigenvalue weighted by atomic mass is 10.2. The lowest BCUT2D eigenvalue weighted by Gasteiger charge is -2.12. The van der Waals surface area contributed by atoms with E-state index in [9.17, 15) is 0 Å². The van der Waals surface area contributed by atoms with E-state index in [-0.39, 0.29) is 24.0 Å². The molecule has 0 radical (unpaired) electrons. The quantitative estimate of drug-likeness (QED) is 0.275. The van der Waals surface area contributed by atoms with E-state index in [2.05, 4.69) is 42.7 Å². The van der Waals surface area contributed by atoms with Crippen LogP contribution in [-0.2, 0) is 0 Å². The van der Waals surface area contributed by atoms with Gasteiger partial charge in [-0.1, -0.05) is 33.1 Å². The summed E-state index contributed by atoms with van der Waals surface area (Å²) in [7, 11) is 0. The second-order valence-electron chi connectivity index (χ2n) is 4.25. The van der Waals surface area contributed by atoms with E-state index in [0.29, 0.717) is 5.25 Å². The fourth-order valence-corrected chi connectivity index (χ4v) is 1.62. The first-order valence-corrected chi connectivity index (χ1v) is 8.08. The molecule has 0 spiro atoms. The summed E-state index contributed by atoms with van der Waals surface area (Å²) in [6.07, 6.45) is 7.30. The van der Waals surface area contributed by atoms with E-state index >= 15 is 0 Å². The van der Waals surface area contributed by atoms with Crippen LogP contribution in [0.3, 0.4) is 0 Å². The Morgan fingerprint density at radius 3 is 2.44 bits per heavy atom. The van der Waals surface area contributed by atoms with Crippen molar-refractivity contribution in [1.82, 2.24) is 10.6 Å². The van der Waals surface area contributed by atoms with Gasteiger partial charge in [0.25, 0.3) is 0 Å². The highest BCUT2D eigenvalue weighted by molar-refractivity contribution is 14.0. The Morgan fingerprint density at radius 2 is 1.89 bits per heavy atom. The molecule has 3 nitrogen and oxygen atoms in total. The lowest BCUT2D eigenvalue weighted by molar-refractivity contribution is 0.647. The first-order chi connectivity index (χ1) is 8.24. The van der Waals surface area contributed by atoms with Crippen LogP contribution >= 0.6 is 35.7 Å². The normalized spacial score (nSPS) is 12.8. The van der Waals surface area contributed by atoms with Crippen LogP contribution in [-0.4, -0.2) is 37.1 Å². The third kappa shape index (κ3) is 12.8. The van der Waals surface area contributed by atoms with Crippen LogP contribution < -0.4 is 10.6 Å². The summed E-state index contributed by atoms with van der Waals surface area (Å²) in [5, 5.41) is 7.26. The molecule has 0 aromatic rings. The van der Waals surface area contributed by atoms with Gasteiger partial charge in [-0.25, -0.2) is 0 Å². The Balaban J connectivity index is 0. The van der Waals surface area contributed by atoms with E-state index in [1.54, 1.807) is 0 Å². The third-order valence-corrected chi connectivity index (χ3v) is 3.53. The van der Waals surface area contributed by atoms with E-state index in [1.807, 2.05) is 11.8 Å². The Kier molecular flexibility index (Phi) is 17.7. The molecule has 0 amide bonds. The average Bonchev–Trinajstić information content (AvgIpc) is 2.35. The zero-order valence-electron chi connectivity index (χ0n) is 12.3. The molecule has 0 saturated heterocycles. The van der Waals surface area contributed by atoms with Crippen molar-refractivity contribution in [2.75, 3.05) is 25.9 Å². The molecule has 0 rings (SSSR count). The van der Waals surface area contributed by atoms with Crippen molar-refractivity contribution in [3.05, 3.63) is 0 Å². The summed E-state index contributed by atoms with van der Waals surface area (Å²) in [6.45, 7) is 9.38. The van der Waals surface area contributed by atoms with Gasteiger partial charge < -0.3 is 10.6 Å². The van der Waals surface area contributed by atoms with Crippen LogP contribution in [0.2, 0.25) is 0 Å². The molecule has 0 aromatic carbocycles. The van der Waals surface area contributed by atoms with Gasteiger partial charge in [0.15, 0.2) is 5.96 Å². The number of halogens is 1. The van der Waals surface area contributed by atoms with Gasteiger partial charge in [-0.05, 0) is 19.6 Å². The number of rotatable bonds is 9. The number of aliphatic imine (C=N–C) groups is 1. The number of hydrogen-bond acceptors (Lipinski definition) is 2. The van der Waals surface area contributed by atoms with Gasteiger partial charge in [0, 0.05) is 18.3 Å². The molecular weight excluding hydrogens is 357 g/mol. The zero-order chi connectivity index (χ0) is 12.9. The molecule has 1 atom stereocenters. The smallest absolute Gasteiger partial charge is 0.191 e. The van der Waals surface area contributed by atoms with Crippen molar-refractivity contribution >= 4 is 41.7 Å². The molecule has 0 fully saturated rings. The summed E-state index contributed by atoms with van der Waals surface area (Å²) in [4.78, 5) is 4.58. The van der Waals surface area contributed by atoms with Gasteiger partial charge in [-0.2, -0.15) is 11.8 Å². The summed E-state index contributed by atoms with van der Waals surface area (Å²) in [5.41, 5.74) is 0. The Hall–Kier alpha value is 0.350. The fraction of sp³-hybridized carbons (Fsp3) is 0.923. The highest BCUT2D eigenvalue weighted by Crippen LogP contribution is 2.04. The van der Waals surface area contributed by atoms with Crippen LogP contribution in [0.15, 0.2) is 4.99 Å². The van der Waals surface area contributed by atoms with Crippen LogP contribution in [0.25, 0.3) is 0 Å². The standard InChI is InChI=1S/C13H29N3S.HI/c1-5-7-8-9-10-15-13(14-6-2)16-11-12(3)17-4;/h12H,5-11H2,1-4H3,(H2,14,15,16);1H. The molecule has 0 bridgehead atoms. The molecular formula is C13H30IN3S. The molecule has 0 aliphatic heterocycles. The van der Waals surface area contributed by atoms with Gasteiger partial charge in [0.05, 0.1) is 6.54 Å². The highest BCUT2D eigenvalue weighted by Gasteiger charge is 2.00. The molecule has 0 aliphatic carbocycles. The topological polar surface area (TPSA) is 36.4 Å². The van der Waals surface area contributed by atoms with Crippen LogP contribution in [0.1, 0.15) is 46.5 Å². The third-order valence-electron chi connectivity index (χ3n) is 2.58. The number of unbranched alkanes of at least 4 members (excludes halogenated alkanes) is 3. The van der Waals surface area contributed by atoms with E-state index in [4.69, 9.17) is 0 Å². The largest absolute Gasteiger partial charge is 0.357 e. The maximum absolute atomic E-state index is 4.58. The van der Waals surface area contributed by atoms with E-state index in [1.165, 1.54) is 25.7 Å². The maximum Gasteiger partial charge on any atom is 0.191 e. The second kappa shape index (κ2) is 15.4. The molecule has 110 valence electrons. The monoisotopic (exact) mass is 387 g/mol.